The second-order valence-electron chi connectivity index (χ2n) is 7.14. The molecule has 1 unspecified atom stereocenters. The number of hydrogen-bond donors (Lipinski definition) is 0. The van der Waals surface area contributed by atoms with Crippen molar-refractivity contribution in [3.8, 4) is 0 Å². The molecule has 0 saturated heterocycles. The molecule has 0 N–H and O–H groups in total. The van der Waals surface area contributed by atoms with E-state index in [0.717, 1.165) is 37.0 Å². The number of amides is 3. The minimum absolute atomic E-state index is 0.0253. The highest BCUT2D eigenvalue weighted by molar-refractivity contribution is 6.30. The Labute approximate surface area is 158 Å². The quantitative estimate of drug-likeness (QED) is 0.744. The highest BCUT2D eigenvalue weighted by atomic mass is 35.5. The number of nitrogens with zero attached hydrogens (tertiary/aromatic N) is 2. The van der Waals surface area contributed by atoms with Gasteiger partial charge in [0.05, 0.1) is 0 Å². The first-order valence-corrected chi connectivity index (χ1v) is 9.63. The van der Waals surface area contributed by atoms with Crippen LogP contribution in [-0.4, -0.2) is 33.2 Å². The Balaban J connectivity index is 1.72. The lowest BCUT2D eigenvalue weighted by Gasteiger charge is -2.33. The van der Waals surface area contributed by atoms with Gasteiger partial charge in [0.1, 0.15) is 24.2 Å². The summed E-state index contributed by atoms with van der Waals surface area (Å²) < 4.78 is 1.75. The number of hydrogen-bond acceptors (Lipinski definition) is 2. The number of halogens is 1. The third-order valence-corrected chi connectivity index (χ3v) is 5.70. The minimum Gasteiger partial charge on any atom is -0.245 e. The van der Waals surface area contributed by atoms with Gasteiger partial charge in [-0.3, -0.25) is 0 Å². The molecule has 4 nitrogen and oxygen atoms in total. The molecule has 0 spiro atoms. The first kappa shape index (κ1) is 17.2. The fraction of sp³-hybridized carbons (Fsp3) is 0.381. The van der Waals surface area contributed by atoms with E-state index in [1.54, 1.807) is 4.58 Å². The van der Waals surface area contributed by atoms with Crippen LogP contribution in [0.5, 0.6) is 0 Å². The molecule has 2 aliphatic carbocycles. The number of allylic oxidation sites excluding steroid dienone is 3. The Bertz CT molecular complexity index is 817. The number of imide groups is 1. The second kappa shape index (κ2) is 7.20. The van der Waals surface area contributed by atoms with E-state index in [9.17, 15) is 9.59 Å². The SMILES string of the molecule is O=C1C2C=CC=CC2=[N+](Cc2ccc(Cl)cc2)C(=O)N1C1CCCCC1. The molecule has 1 aromatic rings. The molecular weight excluding hydrogens is 348 g/mol. The van der Waals surface area contributed by atoms with Crippen LogP contribution in [0.3, 0.4) is 0 Å². The van der Waals surface area contributed by atoms with Crippen molar-refractivity contribution < 1.29 is 14.2 Å². The van der Waals surface area contributed by atoms with Crippen LogP contribution in [0, 0.1) is 5.92 Å². The zero-order valence-electron chi connectivity index (χ0n) is 14.6. The maximum atomic E-state index is 13.3. The minimum atomic E-state index is -0.369. The van der Waals surface area contributed by atoms with E-state index < -0.39 is 0 Å². The van der Waals surface area contributed by atoms with Gasteiger partial charge in [-0.05, 0) is 49.5 Å². The summed E-state index contributed by atoms with van der Waals surface area (Å²) >= 11 is 5.98. The summed E-state index contributed by atoms with van der Waals surface area (Å²) in [6.45, 7) is 0.441. The van der Waals surface area contributed by atoms with E-state index in [-0.39, 0.29) is 23.9 Å². The molecule has 1 heterocycles. The van der Waals surface area contributed by atoms with Crippen LogP contribution < -0.4 is 0 Å². The predicted octanol–water partition coefficient (Wildman–Crippen LogP) is 4.33. The summed E-state index contributed by atoms with van der Waals surface area (Å²) in [6.07, 6.45) is 12.7. The van der Waals surface area contributed by atoms with E-state index in [1.807, 2.05) is 48.6 Å². The molecule has 3 amide bonds. The Morgan fingerprint density at radius 2 is 1.77 bits per heavy atom. The monoisotopic (exact) mass is 369 g/mol. The first-order valence-electron chi connectivity index (χ1n) is 9.26. The van der Waals surface area contributed by atoms with Gasteiger partial charge in [0.15, 0.2) is 0 Å². The van der Waals surface area contributed by atoms with Crippen LogP contribution >= 0.6 is 11.6 Å². The summed E-state index contributed by atoms with van der Waals surface area (Å²) in [7, 11) is 0. The van der Waals surface area contributed by atoms with Crippen molar-refractivity contribution in [2.45, 2.75) is 44.7 Å². The maximum Gasteiger partial charge on any atom is 0.501 e. The van der Waals surface area contributed by atoms with Gasteiger partial charge in [0, 0.05) is 5.02 Å². The van der Waals surface area contributed by atoms with Crippen LogP contribution in [-0.2, 0) is 11.3 Å². The zero-order valence-corrected chi connectivity index (χ0v) is 15.4. The summed E-state index contributed by atoms with van der Waals surface area (Å²) in [4.78, 5) is 27.9. The fourth-order valence-corrected chi connectivity index (χ4v) is 4.22. The summed E-state index contributed by atoms with van der Waals surface area (Å²) in [5.74, 6) is -0.447. The van der Waals surface area contributed by atoms with Crippen molar-refractivity contribution in [1.82, 2.24) is 4.90 Å². The van der Waals surface area contributed by atoms with Crippen molar-refractivity contribution in [3.05, 3.63) is 59.2 Å². The molecule has 0 radical (unpaired) electrons. The zero-order chi connectivity index (χ0) is 18.1. The summed E-state index contributed by atoms with van der Waals surface area (Å²) in [6, 6.07) is 7.34. The van der Waals surface area contributed by atoms with Crippen LogP contribution in [0.2, 0.25) is 5.02 Å². The predicted molar refractivity (Wildman–Crippen MR) is 101 cm³/mol. The standard InChI is InChI=1S/C21H22ClN2O2/c22-16-12-10-15(11-13-16)14-23-19-9-5-4-8-18(19)20(25)24(21(23)26)17-6-2-1-3-7-17/h4-5,8-13,17-18H,1-3,6-7,14H2/q+1. The number of fused-ring (bicyclic) bond motifs is 1. The van der Waals surface area contributed by atoms with Crippen LogP contribution in [0.25, 0.3) is 0 Å². The topological polar surface area (TPSA) is 40.4 Å². The molecule has 1 atom stereocenters. The number of carbonyl (C=O) groups excluding carboxylic acids is 2. The van der Waals surface area contributed by atoms with Gasteiger partial charge in [0.25, 0.3) is 0 Å². The third kappa shape index (κ3) is 3.14. The van der Waals surface area contributed by atoms with Crippen molar-refractivity contribution in [1.29, 1.82) is 0 Å². The van der Waals surface area contributed by atoms with Gasteiger partial charge in [-0.1, -0.05) is 48.4 Å². The van der Waals surface area contributed by atoms with Crippen molar-refractivity contribution in [3.63, 3.8) is 0 Å². The largest absolute Gasteiger partial charge is 0.501 e. The molecule has 5 heteroatoms. The van der Waals surface area contributed by atoms with E-state index in [1.165, 1.54) is 11.3 Å². The van der Waals surface area contributed by atoms with E-state index in [2.05, 4.69) is 0 Å². The average Bonchev–Trinajstić information content (AvgIpc) is 2.68. The summed E-state index contributed by atoms with van der Waals surface area (Å²) in [5.41, 5.74) is 1.76. The molecule has 1 aromatic carbocycles. The van der Waals surface area contributed by atoms with Crippen LogP contribution in [0.1, 0.15) is 37.7 Å². The van der Waals surface area contributed by atoms with Gasteiger partial charge in [-0.15, -0.1) is 0 Å². The van der Waals surface area contributed by atoms with Crippen LogP contribution in [0.4, 0.5) is 4.79 Å². The van der Waals surface area contributed by atoms with Crippen molar-refractivity contribution >= 4 is 29.3 Å². The Kier molecular flexibility index (Phi) is 4.77. The third-order valence-electron chi connectivity index (χ3n) is 5.45. The number of urea groups is 1. The Hall–Kier alpha value is -2.20. The van der Waals surface area contributed by atoms with E-state index in [0.29, 0.717) is 11.6 Å². The van der Waals surface area contributed by atoms with Gasteiger partial charge in [0.2, 0.25) is 0 Å². The Morgan fingerprint density at radius 3 is 2.50 bits per heavy atom. The lowest BCUT2D eigenvalue weighted by Crippen LogP contribution is -2.57. The number of rotatable bonds is 3. The molecular formula is C21H22ClN2O2+. The van der Waals surface area contributed by atoms with Gasteiger partial charge in [-0.25, -0.2) is 4.79 Å². The molecule has 0 bridgehead atoms. The normalized spacial score (nSPS) is 23.6. The maximum absolute atomic E-state index is 13.3. The van der Waals surface area contributed by atoms with Crippen molar-refractivity contribution in [2.75, 3.05) is 0 Å². The molecule has 1 fully saturated rings. The molecule has 0 aromatic heterocycles. The second-order valence-corrected chi connectivity index (χ2v) is 7.58. The molecule has 1 aliphatic heterocycles. The molecule has 26 heavy (non-hydrogen) atoms. The molecule has 1 saturated carbocycles. The average molecular weight is 370 g/mol. The highest BCUT2D eigenvalue weighted by Gasteiger charge is 2.50. The van der Waals surface area contributed by atoms with Gasteiger partial charge in [-0.2, -0.15) is 14.3 Å². The first-order chi connectivity index (χ1) is 12.6. The van der Waals surface area contributed by atoms with E-state index in [4.69, 9.17) is 11.6 Å². The van der Waals surface area contributed by atoms with Gasteiger partial charge < -0.3 is 0 Å². The number of benzene rings is 1. The summed E-state index contributed by atoms with van der Waals surface area (Å²) in [5, 5.41) is 0.670. The fourth-order valence-electron chi connectivity index (χ4n) is 4.09. The van der Waals surface area contributed by atoms with Gasteiger partial charge >= 0.3 is 11.9 Å². The molecule has 4 rings (SSSR count). The molecule has 3 aliphatic rings. The Morgan fingerprint density at radius 1 is 1.04 bits per heavy atom. The lowest BCUT2D eigenvalue weighted by atomic mass is 9.89. The van der Waals surface area contributed by atoms with Crippen molar-refractivity contribution in [2.24, 2.45) is 5.92 Å². The smallest absolute Gasteiger partial charge is 0.245 e. The highest BCUT2D eigenvalue weighted by Crippen LogP contribution is 2.29. The lowest BCUT2D eigenvalue weighted by molar-refractivity contribution is -0.457. The molecule has 134 valence electrons. The number of carbonyl (C=O) groups is 2. The van der Waals surface area contributed by atoms with Crippen LogP contribution in [0.15, 0.2) is 48.6 Å². The van der Waals surface area contributed by atoms with E-state index >= 15 is 0 Å².